The Bertz CT molecular complexity index is 1000. The van der Waals surface area contributed by atoms with Crippen molar-refractivity contribution in [3.05, 3.63) is 89.5 Å². The number of benzene rings is 3. The maximum Gasteiger partial charge on any atom is 0.337 e. The molecule has 0 aliphatic rings. The summed E-state index contributed by atoms with van der Waals surface area (Å²) in [4.78, 5) is 11.3. The van der Waals surface area contributed by atoms with Crippen LogP contribution in [-0.2, 0) is 6.42 Å². The Morgan fingerprint density at radius 1 is 1.00 bits per heavy atom. The summed E-state index contributed by atoms with van der Waals surface area (Å²) >= 11 is 0. The van der Waals surface area contributed by atoms with E-state index in [9.17, 15) is 9.90 Å². The van der Waals surface area contributed by atoms with E-state index in [1.807, 2.05) is 43.3 Å². The molecule has 0 amide bonds. The van der Waals surface area contributed by atoms with Crippen molar-refractivity contribution < 1.29 is 19.4 Å². The van der Waals surface area contributed by atoms with Gasteiger partial charge in [-0.15, -0.1) is 0 Å². The van der Waals surface area contributed by atoms with Crippen LogP contribution >= 0.6 is 0 Å². The number of hydrogen-bond donors (Lipinski definition) is 2. The molecule has 0 spiro atoms. The van der Waals surface area contributed by atoms with Gasteiger partial charge in [0.15, 0.2) is 11.5 Å². The van der Waals surface area contributed by atoms with Crippen LogP contribution in [0.2, 0.25) is 0 Å². The van der Waals surface area contributed by atoms with E-state index in [1.54, 1.807) is 24.4 Å². The van der Waals surface area contributed by atoms with E-state index < -0.39 is 5.97 Å². The fraction of sp³-hybridized carbons (Fsp3) is 0.167. The fourth-order valence-electron chi connectivity index (χ4n) is 2.86. The molecule has 0 atom stereocenters. The van der Waals surface area contributed by atoms with E-state index in [0.717, 1.165) is 12.0 Å². The van der Waals surface area contributed by atoms with Crippen LogP contribution in [-0.4, -0.2) is 30.5 Å². The van der Waals surface area contributed by atoms with Crippen LogP contribution in [0.3, 0.4) is 0 Å². The second kappa shape index (κ2) is 10.7. The molecule has 2 N–H and O–H groups in total. The highest BCUT2D eigenvalue weighted by molar-refractivity contribution is 5.94. The van der Waals surface area contributed by atoms with Crippen molar-refractivity contribution in [2.75, 3.05) is 18.6 Å². The predicted molar refractivity (Wildman–Crippen MR) is 118 cm³/mol. The molecule has 0 aliphatic heterocycles. The molecule has 0 unspecified atom stereocenters. The summed E-state index contributed by atoms with van der Waals surface area (Å²) in [6.07, 6.45) is 2.41. The molecule has 0 aliphatic carbocycles. The lowest BCUT2D eigenvalue weighted by Crippen LogP contribution is -2.04. The normalized spacial score (nSPS) is 10.7. The van der Waals surface area contributed by atoms with Gasteiger partial charge in [0.25, 0.3) is 0 Å². The second-order valence-corrected chi connectivity index (χ2v) is 6.44. The summed E-state index contributed by atoms with van der Waals surface area (Å²) in [6, 6.07) is 22.3. The largest absolute Gasteiger partial charge is 0.490 e. The number of carboxylic acids is 1. The number of para-hydroxylation sites is 1. The van der Waals surface area contributed by atoms with Crippen LogP contribution in [0.15, 0.2) is 77.9 Å². The first-order valence-electron chi connectivity index (χ1n) is 9.72. The van der Waals surface area contributed by atoms with Crippen molar-refractivity contribution in [3.8, 4) is 11.5 Å². The van der Waals surface area contributed by atoms with Crippen LogP contribution in [0, 0.1) is 0 Å². The van der Waals surface area contributed by atoms with Crippen molar-refractivity contribution in [3.63, 3.8) is 0 Å². The molecule has 3 aromatic carbocycles. The Hall–Kier alpha value is -3.80. The molecule has 0 fully saturated rings. The number of nitrogens with one attached hydrogen (secondary N) is 1. The molecule has 3 aromatic rings. The van der Waals surface area contributed by atoms with Crippen molar-refractivity contribution in [2.45, 2.75) is 13.3 Å². The number of anilines is 1. The smallest absolute Gasteiger partial charge is 0.337 e. The lowest BCUT2D eigenvalue weighted by atomic mass is 10.2. The molecule has 6 nitrogen and oxygen atoms in total. The maximum atomic E-state index is 11.3. The minimum atomic E-state index is -1.01. The molecule has 0 bridgehead atoms. The van der Waals surface area contributed by atoms with Gasteiger partial charge < -0.3 is 14.6 Å². The summed E-state index contributed by atoms with van der Waals surface area (Å²) in [5.74, 6) is 0.304. The number of ether oxygens (including phenoxy) is 2. The van der Waals surface area contributed by atoms with Crippen LogP contribution in [0.4, 0.5) is 5.69 Å². The van der Waals surface area contributed by atoms with Gasteiger partial charge in [-0.25, -0.2) is 4.79 Å². The van der Waals surface area contributed by atoms with Gasteiger partial charge in [0.05, 0.1) is 30.7 Å². The zero-order valence-electron chi connectivity index (χ0n) is 16.7. The molecule has 0 saturated carbocycles. The molecular formula is C24H24N2O4. The van der Waals surface area contributed by atoms with Crippen LogP contribution < -0.4 is 14.9 Å². The predicted octanol–water partition coefficient (Wildman–Crippen LogP) is 4.85. The Labute approximate surface area is 175 Å². The van der Waals surface area contributed by atoms with Gasteiger partial charge in [-0.3, -0.25) is 5.43 Å². The zero-order chi connectivity index (χ0) is 21.2. The molecule has 6 heteroatoms. The summed E-state index contributed by atoms with van der Waals surface area (Å²) in [5.41, 5.74) is 5.38. The summed E-state index contributed by atoms with van der Waals surface area (Å²) in [6.45, 7) is 2.98. The Balaban J connectivity index is 1.65. The zero-order valence-corrected chi connectivity index (χ0v) is 16.7. The molecule has 0 saturated heterocycles. The average Bonchev–Trinajstić information content (AvgIpc) is 2.76. The number of carboxylic acid groups (broad SMARTS) is 1. The van der Waals surface area contributed by atoms with Crippen LogP contribution in [0.25, 0.3) is 0 Å². The molecule has 0 aromatic heterocycles. The first kappa shape index (κ1) is 20.9. The van der Waals surface area contributed by atoms with Crippen molar-refractivity contribution in [1.82, 2.24) is 0 Å². The first-order chi connectivity index (χ1) is 14.7. The lowest BCUT2D eigenvalue weighted by molar-refractivity contribution is 0.0698. The Morgan fingerprint density at radius 2 is 1.77 bits per heavy atom. The van der Waals surface area contributed by atoms with Gasteiger partial charge in [-0.2, -0.15) is 5.10 Å². The topological polar surface area (TPSA) is 80.2 Å². The average molecular weight is 404 g/mol. The van der Waals surface area contributed by atoms with Gasteiger partial charge in [0.2, 0.25) is 0 Å². The lowest BCUT2D eigenvalue weighted by Gasteiger charge is -2.12. The van der Waals surface area contributed by atoms with Gasteiger partial charge >= 0.3 is 5.97 Å². The third-order valence-electron chi connectivity index (χ3n) is 4.31. The van der Waals surface area contributed by atoms with E-state index in [-0.39, 0.29) is 5.56 Å². The summed E-state index contributed by atoms with van der Waals surface area (Å²) in [7, 11) is 0. The van der Waals surface area contributed by atoms with Crippen molar-refractivity contribution in [1.29, 1.82) is 0 Å². The van der Waals surface area contributed by atoms with Crippen molar-refractivity contribution >= 4 is 17.9 Å². The highest BCUT2D eigenvalue weighted by Crippen LogP contribution is 2.28. The van der Waals surface area contributed by atoms with Gasteiger partial charge in [-0.1, -0.05) is 42.5 Å². The number of hydrogen-bond acceptors (Lipinski definition) is 5. The van der Waals surface area contributed by atoms with Crippen LogP contribution in [0.5, 0.6) is 11.5 Å². The van der Waals surface area contributed by atoms with Gasteiger partial charge in [0, 0.05) is 6.42 Å². The maximum absolute atomic E-state index is 11.3. The minimum Gasteiger partial charge on any atom is -0.490 e. The van der Waals surface area contributed by atoms with E-state index in [2.05, 4.69) is 22.7 Å². The monoisotopic (exact) mass is 404 g/mol. The van der Waals surface area contributed by atoms with Gasteiger partial charge in [-0.05, 0) is 48.4 Å². The van der Waals surface area contributed by atoms with E-state index in [1.165, 1.54) is 11.6 Å². The number of hydrazone groups is 1. The molecular weight excluding hydrogens is 380 g/mol. The highest BCUT2D eigenvalue weighted by atomic mass is 16.5. The standard InChI is InChI=1S/C24H24N2O4/c1-2-29-23-16-19(17-25-26-21-11-7-6-10-20(21)24(27)28)12-13-22(23)30-15-14-18-8-4-3-5-9-18/h3-13,16-17,26H,2,14-15H2,1H3,(H,27,28)/b25-17+. The number of rotatable bonds is 10. The number of carbonyl (C=O) groups is 1. The molecule has 3 rings (SSSR count). The Kier molecular flexibility index (Phi) is 7.44. The third kappa shape index (κ3) is 5.85. The first-order valence-corrected chi connectivity index (χ1v) is 9.72. The van der Waals surface area contributed by atoms with E-state index in [0.29, 0.717) is 30.4 Å². The van der Waals surface area contributed by atoms with Gasteiger partial charge in [0.1, 0.15) is 0 Å². The fourth-order valence-corrected chi connectivity index (χ4v) is 2.86. The minimum absolute atomic E-state index is 0.159. The summed E-state index contributed by atoms with van der Waals surface area (Å²) in [5, 5.41) is 13.4. The third-order valence-corrected chi connectivity index (χ3v) is 4.31. The molecule has 0 radical (unpaired) electrons. The van der Waals surface area contributed by atoms with E-state index in [4.69, 9.17) is 9.47 Å². The second-order valence-electron chi connectivity index (χ2n) is 6.44. The van der Waals surface area contributed by atoms with Crippen LogP contribution in [0.1, 0.15) is 28.4 Å². The Morgan fingerprint density at radius 3 is 2.53 bits per heavy atom. The van der Waals surface area contributed by atoms with Crippen molar-refractivity contribution in [2.24, 2.45) is 5.10 Å². The number of nitrogens with zero attached hydrogens (tertiary/aromatic N) is 1. The highest BCUT2D eigenvalue weighted by Gasteiger charge is 2.08. The molecule has 0 heterocycles. The quantitative estimate of drug-likeness (QED) is 0.373. The summed E-state index contributed by atoms with van der Waals surface area (Å²) < 4.78 is 11.6. The number of aromatic carboxylic acids is 1. The SMILES string of the molecule is CCOc1cc(/C=N/Nc2ccccc2C(=O)O)ccc1OCCc1ccccc1. The molecule has 154 valence electrons. The van der Waals surface area contributed by atoms with E-state index >= 15 is 0 Å². The molecule has 30 heavy (non-hydrogen) atoms.